The van der Waals surface area contributed by atoms with E-state index in [4.69, 9.17) is 14.2 Å². The molecule has 0 saturated carbocycles. The van der Waals surface area contributed by atoms with Gasteiger partial charge in [0, 0.05) is 19.3 Å². The molecular weight excluding hydrogens is 949 g/mol. The highest BCUT2D eigenvalue weighted by Crippen LogP contribution is 2.16. The molecule has 0 aliphatic rings. The van der Waals surface area contributed by atoms with Crippen LogP contribution in [-0.4, -0.2) is 37.2 Å². The molecule has 0 heterocycles. The summed E-state index contributed by atoms with van der Waals surface area (Å²) in [6, 6.07) is 0. The van der Waals surface area contributed by atoms with Gasteiger partial charge < -0.3 is 14.2 Å². The van der Waals surface area contributed by atoms with Crippen LogP contribution in [0.1, 0.15) is 303 Å². The van der Waals surface area contributed by atoms with Crippen molar-refractivity contribution in [1.82, 2.24) is 0 Å². The van der Waals surface area contributed by atoms with Crippen molar-refractivity contribution in [3.05, 3.63) is 109 Å². The molecule has 0 aromatic heterocycles. The average molecular weight is 1070 g/mol. The van der Waals surface area contributed by atoms with E-state index in [0.29, 0.717) is 19.3 Å². The lowest BCUT2D eigenvalue weighted by Crippen LogP contribution is -2.30. The van der Waals surface area contributed by atoms with Crippen molar-refractivity contribution in [2.75, 3.05) is 13.2 Å². The molecule has 0 amide bonds. The lowest BCUT2D eigenvalue weighted by molar-refractivity contribution is -0.167. The van der Waals surface area contributed by atoms with Gasteiger partial charge in [-0.15, -0.1) is 0 Å². The second-order valence-electron chi connectivity index (χ2n) is 21.3. The SMILES string of the molecule is CC/C=C\C/C=C\C/C=C\C/C=C\C/C=C\C/C=C\C/C=C\CCCCCCCCCCCC(=O)OCC(COC(=O)CCCCCCCCCCCCCCC)OC(=O)CCCCCCC/C=C\C/C=C\CCCCC. The molecule has 0 aliphatic heterocycles. The minimum absolute atomic E-state index is 0.0831. The first-order valence-corrected chi connectivity index (χ1v) is 32.4. The number of rotatable bonds is 58. The van der Waals surface area contributed by atoms with E-state index in [2.05, 4.69) is 130 Å². The molecule has 0 aromatic carbocycles. The summed E-state index contributed by atoms with van der Waals surface area (Å²) < 4.78 is 16.9. The maximum atomic E-state index is 12.9. The van der Waals surface area contributed by atoms with Crippen LogP contribution in [0.3, 0.4) is 0 Å². The van der Waals surface area contributed by atoms with E-state index in [1.807, 2.05) is 0 Å². The largest absolute Gasteiger partial charge is 0.462 e. The van der Waals surface area contributed by atoms with Crippen molar-refractivity contribution in [3.63, 3.8) is 0 Å². The van der Waals surface area contributed by atoms with Gasteiger partial charge in [-0.2, -0.15) is 0 Å². The molecule has 6 heteroatoms. The van der Waals surface area contributed by atoms with Gasteiger partial charge in [-0.25, -0.2) is 0 Å². The van der Waals surface area contributed by atoms with Gasteiger partial charge in [0.05, 0.1) is 0 Å². The summed E-state index contributed by atoms with van der Waals surface area (Å²) in [5.41, 5.74) is 0. The van der Waals surface area contributed by atoms with E-state index in [1.165, 1.54) is 128 Å². The summed E-state index contributed by atoms with van der Waals surface area (Å²) in [6.45, 7) is 6.50. The van der Waals surface area contributed by atoms with E-state index in [0.717, 1.165) is 135 Å². The lowest BCUT2D eigenvalue weighted by atomic mass is 10.0. The Labute approximate surface area is 476 Å². The Morgan fingerprint density at radius 3 is 0.818 bits per heavy atom. The number of carbonyl (C=O) groups is 3. The Kier molecular flexibility index (Phi) is 61.3. The zero-order chi connectivity index (χ0) is 55.7. The monoisotopic (exact) mass is 1070 g/mol. The van der Waals surface area contributed by atoms with E-state index < -0.39 is 6.10 Å². The van der Waals surface area contributed by atoms with Crippen molar-refractivity contribution < 1.29 is 28.6 Å². The Morgan fingerprint density at radius 2 is 0.506 bits per heavy atom. The summed E-state index contributed by atoms with van der Waals surface area (Å²) in [7, 11) is 0. The number of esters is 3. The van der Waals surface area contributed by atoms with Crippen LogP contribution in [0.4, 0.5) is 0 Å². The lowest BCUT2D eigenvalue weighted by Gasteiger charge is -2.18. The molecule has 0 spiro atoms. The Hall–Kier alpha value is -3.93. The van der Waals surface area contributed by atoms with Gasteiger partial charge in [0.2, 0.25) is 0 Å². The summed E-state index contributed by atoms with van der Waals surface area (Å²) in [5.74, 6) is -0.895. The van der Waals surface area contributed by atoms with Crippen molar-refractivity contribution >= 4 is 17.9 Å². The molecule has 0 radical (unpaired) electrons. The average Bonchev–Trinajstić information content (AvgIpc) is 3.43. The smallest absolute Gasteiger partial charge is 0.306 e. The number of carbonyl (C=O) groups excluding carboxylic acids is 3. The van der Waals surface area contributed by atoms with Crippen molar-refractivity contribution in [2.24, 2.45) is 0 Å². The molecule has 440 valence electrons. The fourth-order valence-corrected chi connectivity index (χ4v) is 8.92. The quantitative estimate of drug-likeness (QED) is 0.0261. The molecule has 0 bridgehead atoms. The molecule has 0 saturated heterocycles. The molecule has 1 atom stereocenters. The Bertz CT molecular complexity index is 1560. The Balaban J connectivity index is 4.27. The summed E-state index contributed by atoms with van der Waals surface area (Å²) in [6.07, 6.45) is 88.1. The minimum atomic E-state index is -0.788. The van der Waals surface area contributed by atoms with Crippen molar-refractivity contribution in [2.45, 2.75) is 309 Å². The van der Waals surface area contributed by atoms with Crippen LogP contribution in [0.25, 0.3) is 0 Å². The molecule has 0 aliphatic carbocycles. The van der Waals surface area contributed by atoms with Gasteiger partial charge in [-0.3, -0.25) is 14.4 Å². The van der Waals surface area contributed by atoms with Crippen LogP contribution < -0.4 is 0 Å². The predicted octanol–water partition coefficient (Wildman–Crippen LogP) is 22.2. The first-order chi connectivity index (χ1) is 38.0. The second kappa shape index (κ2) is 64.6. The van der Waals surface area contributed by atoms with Crippen LogP contribution in [-0.2, 0) is 28.6 Å². The van der Waals surface area contributed by atoms with E-state index in [1.54, 1.807) is 0 Å². The summed E-state index contributed by atoms with van der Waals surface area (Å²) in [5, 5.41) is 0. The van der Waals surface area contributed by atoms with Gasteiger partial charge in [0.1, 0.15) is 13.2 Å². The standard InChI is InChI=1S/C71H120O6/c1-4-7-10-13-16-19-22-25-27-28-29-30-31-32-33-34-35-36-37-38-39-40-41-42-44-46-49-52-55-58-61-64-70(73)76-67-68(66-75-69(72)63-60-57-54-51-48-45-24-21-18-15-12-9-6-3)77-71(74)65-62-59-56-53-50-47-43-26-23-20-17-14-11-8-5-2/h7,10,16-17,19-20,25-27,29-30,32-33,35-36,38-39,43,68H,4-6,8-9,11-15,18,21-24,28,31,34,37,40-42,44-67H2,1-3H3/b10-7-,19-16-,20-17-,27-25-,30-29-,33-32-,36-35-,39-38-,43-26-. The third-order valence-corrected chi connectivity index (χ3v) is 13.8. The third kappa shape index (κ3) is 62.8. The van der Waals surface area contributed by atoms with Crippen LogP contribution in [0.2, 0.25) is 0 Å². The van der Waals surface area contributed by atoms with Gasteiger partial charge in [-0.05, 0) is 109 Å². The molecule has 0 fully saturated rings. The fourth-order valence-electron chi connectivity index (χ4n) is 8.92. The van der Waals surface area contributed by atoms with Crippen LogP contribution >= 0.6 is 0 Å². The summed E-state index contributed by atoms with van der Waals surface area (Å²) >= 11 is 0. The van der Waals surface area contributed by atoms with Gasteiger partial charge >= 0.3 is 17.9 Å². The van der Waals surface area contributed by atoms with Crippen molar-refractivity contribution in [1.29, 1.82) is 0 Å². The molecule has 6 nitrogen and oxygen atoms in total. The highest BCUT2D eigenvalue weighted by atomic mass is 16.6. The van der Waals surface area contributed by atoms with Gasteiger partial charge in [0.25, 0.3) is 0 Å². The van der Waals surface area contributed by atoms with Gasteiger partial charge in [-0.1, -0.05) is 284 Å². The number of hydrogen-bond donors (Lipinski definition) is 0. The van der Waals surface area contributed by atoms with E-state index >= 15 is 0 Å². The van der Waals surface area contributed by atoms with Gasteiger partial charge in [0.15, 0.2) is 6.10 Å². The first kappa shape index (κ1) is 73.1. The predicted molar refractivity (Wildman–Crippen MR) is 334 cm³/mol. The molecule has 77 heavy (non-hydrogen) atoms. The molecular formula is C71H120O6. The van der Waals surface area contributed by atoms with Crippen LogP contribution in [0.5, 0.6) is 0 Å². The zero-order valence-electron chi connectivity index (χ0n) is 50.4. The fraction of sp³-hybridized carbons (Fsp3) is 0.704. The number of allylic oxidation sites excluding steroid dienone is 18. The maximum absolute atomic E-state index is 12.9. The maximum Gasteiger partial charge on any atom is 0.306 e. The van der Waals surface area contributed by atoms with Crippen molar-refractivity contribution in [3.8, 4) is 0 Å². The first-order valence-electron chi connectivity index (χ1n) is 32.4. The Morgan fingerprint density at radius 1 is 0.273 bits per heavy atom. The normalized spacial score (nSPS) is 12.8. The second-order valence-corrected chi connectivity index (χ2v) is 21.3. The highest BCUT2D eigenvalue weighted by Gasteiger charge is 2.19. The third-order valence-electron chi connectivity index (χ3n) is 13.8. The van der Waals surface area contributed by atoms with E-state index in [9.17, 15) is 14.4 Å². The number of unbranched alkanes of at least 4 members (excludes halogenated alkanes) is 29. The summed E-state index contributed by atoms with van der Waals surface area (Å²) in [4.78, 5) is 38.3. The number of ether oxygens (including phenoxy) is 3. The molecule has 0 N–H and O–H groups in total. The topological polar surface area (TPSA) is 78.9 Å². The molecule has 0 aromatic rings. The van der Waals surface area contributed by atoms with E-state index in [-0.39, 0.29) is 31.1 Å². The van der Waals surface area contributed by atoms with Crippen LogP contribution in [0, 0.1) is 0 Å². The zero-order valence-corrected chi connectivity index (χ0v) is 50.4. The number of hydrogen-bond acceptors (Lipinski definition) is 6. The highest BCUT2D eigenvalue weighted by molar-refractivity contribution is 5.71. The van der Waals surface area contributed by atoms with Crippen LogP contribution in [0.15, 0.2) is 109 Å². The minimum Gasteiger partial charge on any atom is -0.462 e. The molecule has 1 unspecified atom stereocenters. The molecule has 0 rings (SSSR count).